The van der Waals surface area contributed by atoms with Crippen molar-refractivity contribution in [1.29, 1.82) is 0 Å². The summed E-state index contributed by atoms with van der Waals surface area (Å²) in [5.41, 5.74) is 0.946. The summed E-state index contributed by atoms with van der Waals surface area (Å²) >= 11 is 1.66. The summed E-state index contributed by atoms with van der Waals surface area (Å²) in [6.07, 6.45) is 2.99. The highest BCUT2D eigenvalue weighted by atomic mass is 32.2. The maximum absolute atomic E-state index is 12.0. The van der Waals surface area contributed by atoms with Crippen molar-refractivity contribution >= 4 is 23.5 Å². The van der Waals surface area contributed by atoms with E-state index in [0.717, 1.165) is 10.5 Å². The fraction of sp³-hybridized carbons (Fsp3) is 0.500. The first-order valence-corrected chi connectivity index (χ1v) is 8.02. The Morgan fingerprint density at radius 2 is 1.80 bits per heavy atom. The zero-order chi connectivity index (χ0) is 15.1. The highest BCUT2D eigenvalue weighted by Crippen LogP contribution is 2.19. The molecule has 4 heteroatoms. The van der Waals surface area contributed by atoms with E-state index in [2.05, 4.69) is 0 Å². The largest absolute Gasteiger partial charge is 0.481 e. The van der Waals surface area contributed by atoms with Crippen molar-refractivity contribution < 1.29 is 14.7 Å². The molecule has 0 bridgehead atoms. The summed E-state index contributed by atoms with van der Waals surface area (Å²) in [7, 11) is 0. The number of thioether (sulfide) groups is 1. The molecule has 1 N–H and O–H groups in total. The molecule has 0 radical (unpaired) electrons. The lowest BCUT2D eigenvalue weighted by Crippen LogP contribution is -2.20. The van der Waals surface area contributed by atoms with Gasteiger partial charge in [0, 0.05) is 17.7 Å². The van der Waals surface area contributed by atoms with Crippen LogP contribution in [-0.2, 0) is 16.0 Å². The highest BCUT2D eigenvalue weighted by molar-refractivity contribution is 7.98. The molecule has 0 aliphatic rings. The Bertz CT molecular complexity index is 451. The smallest absolute Gasteiger partial charge is 0.306 e. The first kappa shape index (κ1) is 16.8. The third-order valence-corrected chi connectivity index (χ3v) is 3.88. The molecule has 0 saturated carbocycles. The Morgan fingerprint density at radius 3 is 2.25 bits per heavy atom. The normalized spacial score (nSPS) is 12.4. The van der Waals surface area contributed by atoms with Gasteiger partial charge in [-0.15, -0.1) is 11.8 Å². The molecule has 0 aliphatic carbocycles. The van der Waals surface area contributed by atoms with Gasteiger partial charge in [-0.2, -0.15) is 0 Å². The predicted molar refractivity (Wildman–Crippen MR) is 82.1 cm³/mol. The topological polar surface area (TPSA) is 54.4 Å². The van der Waals surface area contributed by atoms with Crippen LogP contribution in [0.15, 0.2) is 29.2 Å². The minimum Gasteiger partial charge on any atom is -0.481 e. The number of carbonyl (C=O) groups is 2. The molecule has 0 amide bonds. The fourth-order valence-corrected chi connectivity index (χ4v) is 2.57. The number of hydrogen-bond donors (Lipinski definition) is 1. The molecule has 0 fully saturated rings. The van der Waals surface area contributed by atoms with Crippen molar-refractivity contribution in [3.63, 3.8) is 0 Å². The van der Waals surface area contributed by atoms with Crippen LogP contribution in [0.3, 0.4) is 0 Å². The third-order valence-electron chi connectivity index (χ3n) is 3.14. The van der Waals surface area contributed by atoms with Crippen LogP contribution in [-0.4, -0.2) is 23.1 Å². The Balaban J connectivity index is 2.58. The monoisotopic (exact) mass is 294 g/mol. The molecule has 0 unspecified atom stereocenters. The van der Waals surface area contributed by atoms with E-state index in [1.807, 2.05) is 44.4 Å². The van der Waals surface area contributed by atoms with Gasteiger partial charge in [-0.1, -0.05) is 26.0 Å². The van der Waals surface area contributed by atoms with Crippen LogP contribution in [0.1, 0.15) is 32.3 Å². The van der Waals surface area contributed by atoms with Crippen molar-refractivity contribution in [2.75, 3.05) is 6.26 Å². The average molecular weight is 294 g/mol. The number of benzene rings is 1. The molecule has 20 heavy (non-hydrogen) atoms. The van der Waals surface area contributed by atoms with Gasteiger partial charge in [-0.05, 0) is 36.3 Å². The zero-order valence-corrected chi connectivity index (χ0v) is 13.1. The molecule has 1 rings (SSSR count). The maximum Gasteiger partial charge on any atom is 0.306 e. The predicted octanol–water partition coefficient (Wildman–Crippen LogP) is 3.66. The van der Waals surface area contributed by atoms with E-state index < -0.39 is 11.9 Å². The summed E-state index contributed by atoms with van der Waals surface area (Å²) in [6, 6.07) is 7.83. The minimum atomic E-state index is -0.871. The lowest BCUT2D eigenvalue weighted by molar-refractivity contribution is -0.144. The minimum absolute atomic E-state index is 0.00467. The number of carboxylic acids is 1. The van der Waals surface area contributed by atoms with E-state index >= 15 is 0 Å². The van der Waals surface area contributed by atoms with Crippen LogP contribution in [0.25, 0.3) is 0 Å². The lowest BCUT2D eigenvalue weighted by Gasteiger charge is -2.13. The number of aliphatic carboxylic acids is 1. The number of carbonyl (C=O) groups excluding carboxylic acids is 1. The van der Waals surface area contributed by atoms with Gasteiger partial charge < -0.3 is 5.11 Å². The number of Topliss-reactive ketones (excluding diaryl/α,β-unsaturated/α-hetero) is 1. The lowest BCUT2D eigenvalue weighted by atomic mass is 9.91. The Hall–Kier alpha value is -1.29. The second kappa shape index (κ2) is 8.10. The van der Waals surface area contributed by atoms with Gasteiger partial charge in [0.25, 0.3) is 0 Å². The molecule has 0 aliphatic heterocycles. The van der Waals surface area contributed by atoms with Gasteiger partial charge in [-0.3, -0.25) is 9.59 Å². The van der Waals surface area contributed by atoms with Crippen molar-refractivity contribution in [1.82, 2.24) is 0 Å². The SMILES string of the molecule is CSc1ccc(CC(=O)C[C@@H](CC(C)C)C(=O)O)cc1. The van der Waals surface area contributed by atoms with E-state index in [9.17, 15) is 9.59 Å². The quantitative estimate of drug-likeness (QED) is 0.743. The summed E-state index contributed by atoms with van der Waals surface area (Å²) in [4.78, 5) is 24.3. The van der Waals surface area contributed by atoms with Crippen LogP contribution >= 0.6 is 11.8 Å². The average Bonchev–Trinajstić information content (AvgIpc) is 2.38. The van der Waals surface area contributed by atoms with Crippen LogP contribution in [0.4, 0.5) is 0 Å². The Morgan fingerprint density at radius 1 is 1.20 bits per heavy atom. The van der Waals surface area contributed by atoms with E-state index in [1.54, 1.807) is 11.8 Å². The maximum atomic E-state index is 12.0. The van der Waals surface area contributed by atoms with E-state index in [1.165, 1.54) is 0 Å². The zero-order valence-electron chi connectivity index (χ0n) is 12.3. The highest BCUT2D eigenvalue weighted by Gasteiger charge is 2.22. The molecule has 0 heterocycles. The number of rotatable bonds is 8. The van der Waals surface area contributed by atoms with Crippen LogP contribution in [0.2, 0.25) is 0 Å². The molecule has 1 aromatic rings. The second-order valence-electron chi connectivity index (χ2n) is 5.43. The van der Waals surface area contributed by atoms with Crippen LogP contribution in [0.5, 0.6) is 0 Å². The molecule has 110 valence electrons. The van der Waals surface area contributed by atoms with E-state index in [-0.39, 0.29) is 18.1 Å². The molecule has 3 nitrogen and oxygen atoms in total. The number of hydrogen-bond acceptors (Lipinski definition) is 3. The van der Waals surface area contributed by atoms with Crippen molar-refractivity contribution in [2.24, 2.45) is 11.8 Å². The van der Waals surface area contributed by atoms with E-state index in [0.29, 0.717) is 12.8 Å². The van der Waals surface area contributed by atoms with Gasteiger partial charge in [0.05, 0.1) is 5.92 Å². The summed E-state index contributed by atoms with van der Waals surface area (Å²) in [5, 5.41) is 9.15. The summed E-state index contributed by atoms with van der Waals surface area (Å²) in [5.74, 6) is -1.16. The molecule has 1 atom stereocenters. The van der Waals surface area contributed by atoms with Crippen molar-refractivity contribution in [3.8, 4) is 0 Å². The molecule has 0 saturated heterocycles. The van der Waals surface area contributed by atoms with Gasteiger partial charge in [-0.25, -0.2) is 0 Å². The second-order valence-corrected chi connectivity index (χ2v) is 6.31. The Labute approximate surface area is 124 Å². The van der Waals surface area contributed by atoms with Gasteiger partial charge in [0.15, 0.2) is 0 Å². The number of carboxylic acid groups (broad SMARTS) is 1. The third kappa shape index (κ3) is 5.78. The first-order valence-electron chi connectivity index (χ1n) is 6.79. The molecule has 1 aromatic carbocycles. The van der Waals surface area contributed by atoms with Crippen molar-refractivity contribution in [2.45, 2.75) is 38.0 Å². The summed E-state index contributed by atoms with van der Waals surface area (Å²) in [6.45, 7) is 3.95. The van der Waals surface area contributed by atoms with Crippen LogP contribution in [0, 0.1) is 11.8 Å². The van der Waals surface area contributed by atoms with Gasteiger partial charge >= 0.3 is 5.97 Å². The van der Waals surface area contributed by atoms with E-state index in [4.69, 9.17) is 5.11 Å². The van der Waals surface area contributed by atoms with Gasteiger partial charge in [0.2, 0.25) is 0 Å². The molecule has 0 spiro atoms. The first-order chi connectivity index (χ1) is 9.42. The summed E-state index contributed by atoms with van der Waals surface area (Å²) < 4.78 is 0. The number of ketones is 1. The van der Waals surface area contributed by atoms with Crippen LogP contribution < -0.4 is 0 Å². The van der Waals surface area contributed by atoms with Crippen molar-refractivity contribution in [3.05, 3.63) is 29.8 Å². The van der Waals surface area contributed by atoms with Gasteiger partial charge in [0.1, 0.15) is 5.78 Å². The molecule has 0 aromatic heterocycles. The fourth-order valence-electron chi connectivity index (χ4n) is 2.16. The molecular formula is C16H22O3S. The Kier molecular flexibility index (Phi) is 6.79. The molecular weight excluding hydrogens is 272 g/mol. The standard InChI is InChI=1S/C16H22O3S/c1-11(2)8-13(16(18)19)10-14(17)9-12-4-6-15(20-3)7-5-12/h4-7,11,13H,8-10H2,1-3H3,(H,18,19)/t13-/m1/s1.